The van der Waals surface area contributed by atoms with Gasteiger partial charge in [0.2, 0.25) is 0 Å². The van der Waals surface area contributed by atoms with Gasteiger partial charge < -0.3 is 9.47 Å². The highest BCUT2D eigenvalue weighted by Crippen LogP contribution is 2.36. The van der Waals surface area contributed by atoms with Gasteiger partial charge in [0.1, 0.15) is 11.4 Å². The van der Waals surface area contributed by atoms with Crippen LogP contribution in [0.25, 0.3) is 0 Å². The highest BCUT2D eigenvalue weighted by molar-refractivity contribution is 6.32. The average molecular weight is 434 g/mol. The van der Waals surface area contributed by atoms with Gasteiger partial charge in [0.15, 0.2) is 11.5 Å². The van der Waals surface area contributed by atoms with Crippen molar-refractivity contribution in [3.8, 4) is 11.5 Å². The molecule has 0 spiro atoms. The Hall–Kier alpha value is -2.93. The summed E-state index contributed by atoms with van der Waals surface area (Å²) in [4.78, 5) is 35.0. The molecule has 8 heteroatoms. The third-order valence-corrected chi connectivity index (χ3v) is 4.25. The third-order valence-electron chi connectivity index (χ3n) is 3.96. The fourth-order valence-corrected chi connectivity index (χ4v) is 2.83. The van der Waals surface area contributed by atoms with Crippen LogP contribution in [0.1, 0.15) is 50.5 Å². The largest absolute Gasteiger partial charge is 0.460 e. The Kier molecular flexibility index (Phi) is 7.21. The van der Waals surface area contributed by atoms with Gasteiger partial charge in [-0.15, -0.1) is 0 Å². The Labute approximate surface area is 180 Å². The van der Waals surface area contributed by atoms with Crippen molar-refractivity contribution >= 4 is 29.0 Å². The van der Waals surface area contributed by atoms with Crippen molar-refractivity contribution in [3.63, 3.8) is 0 Å². The van der Waals surface area contributed by atoms with Gasteiger partial charge in [-0.2, -0.15) is 0 Å². The number of benzene rings is 2. The number of Topliss-reactive ketones (excluding diaryl/α,β-unsaturated/α-hetero) is 1. The van der Waals surface area contributed by atoms with Gasteiger partial charge in [0, 0.05) is 5.92 Å². The maximum atomic E-state index is 12.3. The molecular weight excluding hydrogens is 410 g/mol. The van der Waals surface area contributed by atoms with Gasteiger partial charge in [0.05, 0.1) is 28.0 Å². The summed E-state index contributed by atoms with van der Waals surface area (Å²) in [5.41, 5.74) is -0.254. The number of ether oxygens (including phenoxy) is 2. The quantitative estimate of drug-likeness (QED) is 0.238. The lowest BCUT2D eigenvalue weighted by Crippen LogP contribution is -2.24. The molecule has 0 aliphatic heterocycles. The van der Waals surface area contributed by atoms with E-state index in [0.717, 1.165) is 11.6 Å². The van der Waals surface area contributed by atoms with Crippen LogP contribution in [0.4, 0.5) is 5.69 Å². The normalized spacial score (nSPS) is 11.3. The van der Waals surface area contributed by atoms with Crippen LogP contribution >= 0.6 is 11.6 Å². The lowest BCUT2D eigenvalue weighted by molar-refractivity contribution is -0.385. The highest BCUT2D eigenvalue weighted by Gasteiger charge is 2.25. The average Bonchev–Trinajstić information content (AvgIpc) is 2.62. The molecule has 0 atom stereocenters. The zero-order chi connectivity index (χ0) is 22.6. The molecule has 160 valence electrons. The Morgan fingerprint density at radius 1 is 1.13 bits per heavy atom. The number of nitrogens with zero attached hydrogens (tertiary/aromatic N) is 1. The number of esters is 1. The molecule has 0 aliphatic carbocycles. The van der Waals surface area contributed by atoms with E-state index in [4.69, 9.17) is 21.1 Å². The van der Waals surface area contributed by atoms with E-state index in [-0.39, 0.29) is 40.2 Å². The molecule has 0 unspecified atom stereocenters. The smallest absolute Gasteiger partial charge is 0.310 e. The molecular formula is C22H24ClNO6. The predicted octanol–water partition coefficient (Wildman–Crippen LogP) is 5.76. The van der Waals surface area contributed by atoms with Crippen LogP contribution in [0, 0.1) is 16.0 Å². The lowest BCUT2D eigenvalue weighted by Gasteiger charge is -2.19. The summed E-state index contributed by atoms with van der Waals surface area (Å²) in [6.07, 6.45) is 0.107. The van der Waals surface area contributed by atoms with Crippen LogP contribution < -0.4 is 4.74 Å². The van der Waals surface area contributed by atoms with Gasteiger partial charge in [-0.05, 0) is 44.5 Å². The molecule has 0 saturated carbocycles. The molecule has 0 aliphatic rings. The van der Waals surface area contributed by atoms with E-state index >= 15 is 0 Å². The van der Waals surface area contributed by atoms with Crippen LogP contribution in [0.2, 0.25) is 5.02 Å². The molecule has 0 radical (unpaired) electrons. The van der Waals surface area contributed by atoms with Crippen LogP contribution in [-0.2, 0) is 16.0 Å². The van der Waals surface area contributed by atoms with E-state index in [1.165, 1.54) is 6.07 Å². The van der Waals surface area contributed by atoms with Gasteiger partial charge in [-0.3, -0.25) is 19.7 Å². The van der Waals surface area contributed by atoms with E-state index in [1.54, 1.807) is 58.9 Å². The molecule has 0 aromatic heterocycles. The number of halogens is 1. The van der Waals surface area contributed by atoms with Crippen molar-refractivity contribution in [1.29, 1.82) is 0 Å². The maximum Gasteiger partial charge on any atom is 0.310 e. The van der Waals surface area contributed by atoms with E-state index < -0.39 is 16.4 Å². The number of ketones is 1. The number of carbonyl (C=O) groups excluding carboxylic acids is 2. The number of nitro benzene ring substituents is 1. The minimum atomic E-state index is -0.636. The Bertz CT molecular complexity index is 961. The molecule has 2 rings (SSSR count). The maximum absolute atomic E-state index is 12.3. The molecule has 0 fully saturated rings. The molecule has 0 bridgehead atoms. The van der Waals surface area contributed by atoms with E-state index in [0.29, 0.717) is 5.75 Å². The number of carbonyl (C=O) groups is 2. The summed E-state index contributed by atoms with van der Waals surface area (Å²) in [5.74, 6) is -0.698. The van der Waals surface area contributed by atoms with Gasteiger partial charge in [-0.25, -0.2) is 0 Å². The fraction of sp³-hybridized carbons (Fsp3) is 0.364. The summed E-state index contributed by atoms with van der Waals surface area (Å²) in [6, 6.07) is 9.03. The molecule has 0 N–H and O–H groups in total. The predicted molar refractivity (Wildman–Crippen MR) is 113 cm³/mol. The molecule has 0 heterocycles. The lowest BCUT2D eigenvalue weighted by atomic mass is 9.99. The first-order chi connectivity index (χ1) is 13.9. The topological polar surface area (TPSA) is 95.7 Å². The van der Waals surface area contributed by atoms with Crippen molar-refractivity contribution in [1.82, 2.24) is 0 Å². The van der Waals surface area contributed by atoms with Gasteiger partial charge in [-0.1, -0.05) is 37.6 Å². The molecule has 30 heavy (non-hydrogen) atoms. The van der Waals surface area contributed by atoms with Crippen LogP contribution in [0.5, 0.6) is 11.5 Å². The molecule has 0 amide bonds. The third kappa shape index (κ3) is 6.29. The minimum absolute atomic E-state index is 0.0555. The molecule has 2 aromatic rings. The van der Waals surface area contributed by atoms with Gasteiger partial charge >= 0.3 is 5.97 Å². The van der Waals surface area contributed by atoms with Crippen LogP contribution in [0.15, 0.2) is 36.4 Å². The monoisotopic (exact) mass is 433 g/mol. The SMILES string of the molecule is CC(C)C(=O)c1cc(Cl)c(Oc2ccc(CC(=O)OC(C)(C)C)cc2)cc1[N+](=O)[O-]. The molecule has 0 saturated heterocycles. The first-order valence-electron chi connectivity index (χ1n) is 9.38. The van der Waals surface area contributed by atoms with Crippen molar-refractivity contribution < 1.29 is 24.0 Å². The van der Waals surface area contributed by atoms with Crippen molar-refractivity contribution in [2.75, 3.05) is 0 Å². The second kappa shape index (κ2) is 9.26. The van der Waals surface area contributed by atoms with Crippen LogP contribution in [-0.4, -0.2) is 22.3 Å². The van der Waals surface area contributed by atoms with E-state index in [1.807, 2.05) is 0 Å². The standard InChI is InChI=1S/C22H24ClNO6/c1-13(2)21(26)16-11-17(23)19(12-18(16)24(27)28)29-15-8-6-14(7-9-15)10-20(25)30-22(3,4)5/h6-9,11-13H,10H2,1-5H3. The van der Waals surface area contributed by atoms with E-state index in [2.05, 4.69) is 0 Å². The Balaban J connectivity index is 2.22. The second-order valence-electron chi connectivity index (χ2n) is 8.09. The second-order valence-corrected chi connectivity index (χ2v) is 8.49. The summed E-state index contributed by atoms with van der Waals surface area (Å²) in [5, 5.41) is 11.5. The number of nitro groups is 1. The zero-order valence-electron chi connectivity index (χ0n) is 17.5. The Morgan fingerprint density at radius 2 is 1.73 bits per heavy atom. The summed E-state index contributed by atoms with van der Waals surface area (Å²) in [7, 11) is 0. The van der Waals surface area contributed by atoms with Crippen molar-refractivity contribution in [3.05, 3.63) is 62.7 Å². The van der Waals surface area contributed by atoms with E-state index in [9.17, 15) is 19.7 Å². The summed E-state index contributed by atoms with van der Waals surface area (Å²) >= 11 is 6.21. The van der Waals surface area contributed by atoms with Gasteiger partial charge in [0.25, 0.3) is 5.69 Å². The number of hydrogen-bond acceptors (Lipinski definition) is 6. The first-order valence-corrected chi connectivity index (χ1v) is 9.76. The minimum Gasteiger partial charge on any atom is -0.460 e. The molecule has 2 aromatic carbocycles. The molecule has 7 nitrogen and oxygen atoms in total. The fourth-order valence-electron chi connectivity index (χ4n) is 2.63. The van der Waals surface area contributed by atoms with Crippen molar-refractivity contribution in [2.45, 2.75) is 46.6 Å². The number of hydrogen-bond donors (Lipinski definition) is 0. The highest BCUT2D eigenvalue weighted by atomic mass is 35.5. The summed E-state index contributed by atoms with van der Waals surface area (Å²) in [6.45, 7) is 8.70. The van der Waals surface area contributed by atoms with Crippen molar-refractivity contribution in [2.24, 2.45) is 5.92 Å². The number of rotatable bonds is 7. The zero-order valence-corrected chi connectivity index (χ0v) is 18.3. The first kappa shape index (κ1) is 23.3. The Morgan fingerprint density at radius 3 is 2.23 bits per heavy atom. The summed E-state index contributed by atoms with van der Waals surface area (Å²) < 4.78 is 11.0. The van der Waals surface area contributed by atoms with Crippen LogP contribution in [0.3, 0.4) is 0 Å².